The Labute approximate surface area is 383 Å². The SMILES string of the molecule is Cc1cc(-n2c3ccccc3c3cc(-n4c5ccccc5c5ccccc54)ccc32)c(-n2c3ccccc3c3cc(-n4c5ccccc5c5ccccc54)ccc32)cc1-c1cc(F)cc(F)c1. The molecule has 0 fully saturated rings. The minimum atomic E-state index is -0.615. The van der Waals surface area contributed by atoms with Gasteiger partial charge in [0.1, 0.15) is 11.6 Å². The number of aromatic nitrogens is 4. The molecule has 14 rings (SSSR count). The number of aryl methyl sites for hydroxylation is 1. The Kier molecular flexibility index (Phi) is 7.93. The fourth-order valence-corrected chi connectivity index (χ4v) is 11.2. The van der Waals surface area contributed by atoms with Crippen molar-refractivity contribution in [1.29, 1.82) is 0 Å². The van der Waals surface area contributed by atoms with Crippen LogP contribution < -0.4 is 0 Å². The molecule has 0 saturated heterocycles. The summed E-state index contributed by atoms with van der Waals surface area (Å²) in [5.74, 6) is -1.23. The summed E-state index contributed by atoms with van der Waals surface area (Å²) in [6.07, 6.45) is 0. The maximum atomic E-state index is 15.1. The van der Waals surface area contributed by atoms with E-state index in [9.17, 15) is 0 Å². The number of benzene rings is 10. The van der Waals surface area contributed by atoms with Crippen LogP contribution in [-0.2, 0) is 0 Å². The first kappa shape index (κ1) is 37.6. The zero-order valence-electron chi connectivity index (χ0n) is 36.3. The second-order valence-electron chi connectivity index (χ2n) is 17.7. The molecule has 6 heteroatoms. The Morgan fingerprint density at radius 2 is 0.597 bits per heavy atom. The van der Waals surface area contributed by atoms with E-state index in [1.165, 1.54) is 33.7 Å². The number of rotatable bonds is 5. The van der Waals surface area contributed by atoms with E-state index in [0.717, 1.165) is 106 Å². The number of fused-ring (bicyclic) bond motifs is 12. The highest BCUT2D eigenvalue weighted by molar-refractivity contribution is 6.15. The van der Waals surface area contributed by atoms with Gasteiger partial charge in [0.15, 0.2) is 0 Å². The molecule has 0 N–H and O–H groups in total. The van der Waals surface area contributed by atoms with Crippen LogP contribution >= 0.6 is 0 Å². The van der Waals surface area contributed by atoms with Crippen molar-refractivity contribution in [3.05, 3.63) is 230 Å². The summed E-state index contributed by atoms with van der Waals surface area (Å²) >= 11 is 0. The quantitative estimate of drug-likeness (QED) is 0.164. The van der Waals surface area contributed by atoms with E-state index in [1.807, 2.05) is 6.92 Å². The molecule has 14 aromatic rings. The lowest BCUT2D eigenvalue weighted by molar-refractivity contribution is 0.584. The molecule has 0 atom stereocenters. The monoisotopic (exact) mass is 864 g/mol. The molecule has 4 heterocycles. The molecule has 67 heavy (non-hydrogen) atoms. The van der Waals surface area contributed by atoms with Crippen LogP contribution in [-0.4, -0.2) is 18.3 Å². The van der Waals surface area contributed by atoms with Gasteiger partial charge in [-0.15, -0.1) is 0 Å². The molecule has 4 aromatic heterocycles. The summed E-state index contributed by atoms with van der Waals surface area (Å²) in [5, 5.41) is 9.28. The van der Waals surface area contributed by atoms with E-state index in [0.29, 0.717) is 5.56 Å². The molecule has 0 radical (unpaired) electrons. The van der Waals surface area contributed by atoms with Crippen molar-refractivity contribution in [1.82, 2.24) is 18.3 Å². The number of halogens is 2. The van der Waals surface area contributed by atoms with Gasteiger partial charge in [0, 0.05) is 60.5 Å². The van der Waals surface area contributed by atoms with Crippen LogP contribution in [0.4, 0.5) is 8.78 Å². The zero-order chi connectivity index (χ0) is 44.5. The maximum Gasteiger partial charge on any atom is 0.126 e. The van der Waals surface area contributed by atoms with E-state index in [2.05, 4.69) is 212 Å². The fourth-order valence-electron chi connectivity index (χ4n) is 11.2. The summed E-state index contributed by atoms with van der Waals surface area (Å²) < 4.78 is 39.6. The molecule has 0 spiro atoms. The van der Waals surface area contributed by atoms with Crippen LogP contribution in [0.3, 0.4) is 0 Å². The van der Waals surface area contributed by atoms with Crippen LogP contribution in [0.2, 0.25) is 0 Å². The van der Waals surface area contributed by atoms with Gasteiger partial charge in [-0.3, -0.25) is 0 Å². The van der Waals surface area contributed by atoms with Crippen molar-refractivity contribution >= 4 is 87.2 Å². The van der Waals surface area contributed by atoms with E-state index >= 15 is 8.78 Å². The van der Waals surface area contributed by atoms with Crippen LogP contribution in [0.15, 0.2) is 212 Å². The Morgan fingerprint density at radius 1 is 0.284 bits per heavy atom. The third kappa shape index (κ3) is 5.44. The molecular formula is C61H38F2N4. The van der Waals surface area contributed by atoms with Crippen molar-refractivity contribution < 1.29 is 8.78 Å². The summed E-state index contributed by atoms with van der Waals surface area (Å²) in [5.41, 5.74) is 14.8. The van der Waals surface area contributed by atoms with Gasteiger partial charge in [0.05, 0.1) is 55.5 Å². The number of hydrogen-bond donors (Lipinski definition) is 0. The highest BCUT2D eigenvalue weighted by Crippen LogP contribution is 2.43. The minimum Gasteiger partial charge on any atom is -0.309 e. The molecule has 0 saturated carbocycles. The predicted molar refractivity (Wildman–Crippen MR) is 274 cm³/mol. The molecule has 0 unspecified atom stereocenters. The lowest BCUT2D eigenvalue weighted by Crippen LogP contribution is -2.05. The molecule has 0 bridgehead atoms. The Morgan fingerprint density at radius 3 is 0.985 bits per heavy atom. The zero-order valence-corrected chi connectivity index (χ0v) is 36.3. The molecule has 10 aromatic carbocycles. The Bertz CT molecular complexity index is 4260. The van der Waals surface area contributed by atoms with Crippen molar-refractivity contribution in [3.63, 3.8) is 0 Å². The van der Waals surface area contributed by atoms with Crippen molar-refractivity contribution in [3.8, 4) is 33.9 Å². The fraction of sp³-hybridized carbons (Fsp3) is 0.0164. The number of hydrogen-bond acceptors (Lipinski definition) is 0. The average Bonchev–Trinajstić information content (AvgIpc) is 4.08. The first-order valence-electron chi connectivity index (χ1n) is 22.6. The lowest BCUT2D eigenvalue weighted by atomic mass is 9.98. The van der Waals surface area contributed by atoms with Crippen LogP contribution in [0.1, 0.15) is 5.56 Å². The van der Waals surface area contributed by atoms with Gasteiger partial charge in [-0.25, -0.2) is 8.78 Å². The van der Waals surface area contributed by atoms with E-state index in [4.69, 9.17) is 0 Å². The third-order valence-electron chi connectivity index (χ3n) is 14.0. The van der Waals surface area contributed by atoms with Crippen molar-refractivity contribution in [2.75, 3.05) is 0 Å². The van der Waals surface area contributed by atoms with Crippen molar-refractivity contribution in [2.24, 2.45) is 0 Å². The minimum absolute atomic E-state index is 0.482. The van der Waals surface area contributed by atoms with Gasteiger partial charge in [0.25, 0.3) is 0 Å². The molecule has 4 nitrogen and oxygen atoms in total. The molecule has 0 aliphatic rings. The largest absolute Gasteiger partial charge is 0.309 e. The first-order chi connectivity index (χ1) is 33.0. The second kappa shape index (κ2) is 14.1. The van der Waals surface area contributed by atoms with Gasteiger partial charge >= 0.3 is 0 Å². The van der Waals surface area contributed by atoms with Gasteiger partial charge in [-0.1, -0.05) is 109 Å². The molecule has 316 valence electrons. The second-order valence-corrected chi connectivity index (χ2v) is 17.7. The van der Waals surface area contributed by atoms with Gasteiger partial charge in [-0.2, -0.15) is 0 Å². The van der Waals surface area contributed by atoms with Crippen LogP contribution in [0.5, 0.6) is 0 Å². The lowest BCUT2D eigenvalue weighted by Gasteiger charge is -2.20. The summed E-state index contributed by atoms with van der Waals surface area (Å²) in [7, 11) is 0. The summed E-state index contributed by atoms with van der Waals surface area (Å²) in [6.45, 7) is 2.03. The van der Waals surface area contributed by atoms with Crippen LogP contribution in [0, 0.1) is 18.6 Å². The molecular weight excluding hydrogens is 827 g/mol. The predicted octanol–water partition coefficient (Wildman–Crippen LogP) is 16.3. The van der Waals surface area contributed by atoms with Crippen LogP contribution in [0.25, 0.3) is 121 Å². The Balaban J connectivity index is 1.06. The maximum absolute atomic E-state index is 15.1. The highest BCUT2D eigenvalue weighted by Gasteiger charge is 2.24. The van der Waals surface area contributed by atoms with Crippen molar-refractivity contribution in [2.45, 2.75) is 6.92 Å². The smallest absolute Gasteiger partial charge is 0.126 e. The van der Waals surface area contributed by atoms with E-state index < -0.39 is 11.6 Å². The summed E-state index contributed by atoms with van der Waals surface area (Å²) in [6, 6.07) is 73.1. The highest BCUT2D eigenvalue weighted by atomic mass is 19.1. The number of nitrogens with zero attached hydrogens (tertiary/aromatic N) is 4. The van der Waals surface area contributed by atoms with Gasteiger partial charge in [0.2, 0.25) is 0 Å². The summed E-state index contributed by atoms with van der Waals surface area (Å²) in [4.78, 5) is 0. The van der Waals surface area contributed by atoms with Gasteiger partial charge in [-0.05, 0) is 121 Å². The molecule has 0 aliphatic carbocycles. The first-order valence-corrected chi connectivity index (χ1v) is 22.6. The third-order valence-corrected chi connectivity index (χ3v) is 14.0. The van der Waals surface area contributed by atoms with E-state index in [1.54, 1.807) is 0 Å². The standard InChI is InChI=1S/C61H38F2N4/c1-37-30-60(66-56-24-12-6-18-47(56)50-34-41(26-28-58(50)66)64-52-20-8-2-14-43(52)44-15-3-9-21-53(44)64)61(36-49(37)38-31-39(62)33-40(63)32-38)67-57-25-13-7-19-48(57)51-35-42(27-29-59(51)67)65-54-22-10-4-16-45(54)46-17-5-11-23-55(46)65/h2-36H,1H3. The normalized spacial score (nSPS) is 12.1. The topological polar surface area (TPSA) is 19.7 Å². The number of para-hydroxylation sites is 6. The van der Waals surface area contributed by atoms with E-state index in [-0.39, 0.29) is 0 Å². The molecule has 0 aliphatic heterocycles. The van der Waals surface area contributed by atoms with Gasteiger partial charge < -0.3 is 18.3 Å². The molecule has 0 amide bonds. The average molecular weight is 865 g/mol. The Hall–Kier alpha value is -8.74.